The highest BCUT2D eigenvalue weighted by Gasteiger charge is 2.03. The summed E-state index contributed by atoms with van der Waals surface area (Å²) in [6, 6.07) is 3.62. The lowest BCUT2D eigenvalue weighted by Crippen LogP contribution is -1.99. The van der Waals surface area contributed by atoms with Crippen LogP contribution in [0.1, 0.15) is 5.56 Å². The lowest BCUT2D eigenvalue weighted by molar-refractivity contribution is 0.984. The fraction of sp³-hybridized carbons (Fsp3) is 0.111. The highest BCUT2D eigenvalue weighted by atomic mass is 79.9. The van der Waals surface area contributed by atoms with Gasteiger partial charge in [0.25, 0.3) is 0 Å². The molecule has 0 aliphatic heterocycles. The first-order valence-corrected chi connectivity index (χ1v) is 7.05. The van der Waals surface area contributed by atoms with Crippen LogP contribution in [0.3, 0.4) is 0 Å². The first-order valence-electron chi connectivity index (χ1n) is 4.39. The van der Waals surface area contributed by atoms with E-state index in [0.29, 0.717) is 16.8 Å². The minimum absolute atomic E-state index is 0.404. The van der Waals surface area contributed by atoms with Crippen molar-refractivity contribution in [2.45, 2.75) is 10.9 Å². The molecule has 0 spiro atoms. The first-order chi connectivity index (χ1) is 7.63. The Bertz CT molecular complexity index is 480. The van der Waals surface area contributed by atoms with Crippen molar-refractivity contribution >= 4 is 50.7 Å². The van der Waals surface area contributed by atoms with Crippen molar-refractivity contribution in [1.82, 2.24) is 9.97 Å². The number of hydrogen-bond acceptors (Lipinski definition) is 6. The minimum atomic E-state index is 0.404. The van der Waals surface area contributed by atoms with Crippen LogP contribution in [0.15, 0.2) is 26.5 Å². The molecule has 0 fully saturated rings. The maximum Gasteiger partial charge on any atom is 0.191 e. The summed E-state index contributed by atoms with van der Waals surface area (Å²) in [6.45, 7) is 0. The average molecular weight is 317 g/mol. The molecule has 0 saturated carbocycles. The molecule has 2 heterocycles. The number of rotatable bonds is 3. The molecule has 2 aromatic rings. The smallest absolute Gasteiger partial charge is 0.191 e. The van der Waals surface area contributed by atoms with Crippen LogP contribution in [0.25, 0.3) is 0 Å². The Morgan fingerprint density at radius 2 is 1.94 bits per heavy atom. The third kappa shape index (κ3) is 3.10. The summed E-state index contributed by atoms with van der Waals surface area (Å²) in [4.78, 5) is 8.19. The largest absolute Gasteiger partial charge is 0.383 e. The molecule has 0 aromatic carbocycles. The van der Waals surface area contributed by atoms with E-state index in [1.165, 1.54) is 17.3 Å². The number of nitrogen functional groups attached to an aromatic ring is 2. The van der Waals surface area contributed by atoms with E-state index in [0.717, 1.165) is 9.54 Å². The number of nitrogens with two attached hydrogens (primary N) is 2. The Balaban J connectivity index is 2.04. The lowest BCUT2D eigenvalue weighted by atomic mass is 10.4. The van der Waals surface area contributed by atoms with Crippen LogP contribution in [0, 0.1) is 0 Å². The summed E-state index contributed by atoms with van der Waals surface area (Å²) >= 11 is 6.60. The Hall–Kier alpha value is -0.790. The monoisotopic (exact) mass is 316 g/mol. The van der Waals surface area contributed by atoms with Crippen molar-refractivity contribution in [3.05, 3.63) is 26.9 Å². The third-order valence-electron chi connectivity index (χ3n) is 1.73. The van der Waals surface area contributed by atoms with Gasteiger partial charge < -0.3 is 11.5 Å². The van der Waals surface area contributed by atoms with Gasteiger partial charge in [-0.15, -0.1) is 11.3 Å². The summed E-state index contributed by atoms with van der Waals surface area (Å²) in [6.07, 6.45) is 0. The Labute approximate surface area is 110 Å². The van der Waals surface area contributed by atoms with Crippen molar-refractivity contribution in [1.29, 1.82) is 0 Å². The molecule has 7 heteroatoms. The number of thiophene rings is 1. The molecule has 0 amide bonds. The van der Waals surface area contributed by atoms with Gasteiger partial charge in [0.15, 0.2) is 5.16 Å². The van der Waals surface area contributed by atoms with E-state index in [-0.39, 0.29) is 0 Å². The molecule has 2 aromatic heterocycles. The molecule has 0 unspecified atom stereocenters. The average Bonchev–Trinajstić information content (AvgIpc) is 2.60. The summed E-state index contributed by atoms with van der Waals surface area (Å²) in [5.41, 5.74) is 12.4. The Morgan fingerprint density at radius 1 is 1.25 bits per heavy atom. The molecule has 0 aliphatic carbocycles. The second-order valence-corrected chi connectivity index (χ2v) is 6.28. The standard InChI is InChI=1S/C9H9BrN4S2/c10-6-1-5(3-15-6)4-16-9-13-7(11)2-8(12)14-9/h1-3H,4H2,(H4,11,12,13,14). The summed E-state index contributed by atoms with van der Waals surface area (Å²) in [5, 5.41) is 2.70. The third-order valence-corrected chi connectivity index (χ3v) is 4.21. The highest BCUT2D eigenvalue weighted by Crippen LogP contribution is 2.26. The normalized spacial score (nSPS) is 10.6. The number of halogens is 1. The molecule has 0 saturated heterocycles. The quantitative estimate of drug-likeness (QED) is 0.672. The van der Waals surface area contributed by atoms with Crippen molar-refractivity contribution in [3.63, 3.8) is 0 Å². The van der Waals surface area contributed by atoms with Crippen LogP contribution in [0.4, 0.5) is 11.6 Å². The van der Waals surface area contributed by atoms with Gasteiger partial charge in [-0.05, 0) is 32.9 Å². The van der Waals surface area contributed by atoms with E-state index < -0.39 is 0 Å². The van der Waals surface area contributed by atoms with Crippen molar-refractivity contribution < 1.29 is 0 Å². The van der Waals surface area contributed by atoms with Crippen LogP contribution in [-0.2, 0) is 5.75 Å². The number of thioether (sulfide) groups is 1. The molecule has 16 heavy (non-hydrogen) atoms. The van der Waals surface area contributed by atoms with Gasteiger partial charge in [0.2, 0.25) is 0 Å². The van der Waals surface area contributed by atoms with Crippen molar-refractivity contribution in [2.75, 3.05) is 11.5 Å². The second kappa shape index (κ2) is 5.03. The summed E-state index contributed by atoms with van der Waals surface area (Å²) in [5.74, 6) is 1.62. The SMILES string of the molecule is Nc1cc(N)nc(SCc2csc(Br)c2)n1. The topological polar surface area (TPSA) is 77.8 Å². The predicted molar refractivity (Wildman–Crippen MR) is 72.4 cm³/mol. The molecule has 84 valence electrons. The van der Waals surface area contributed by atoms with E-state index in [9.17, 15) is 0 Å². The number of aromatic nitrogens is 2. The molecule has 2 rings (SSSR count). The Kier molecular flexibility index (Phi) is 3.67. The van der Waals surface area contributed by atoms with Gasteiger partial charge in [-0.3, -0.25) is 0 Å². The van der Waals surface area contributed by atoms with Crippen LogP contribution in [0.5, 0.6) is 0 Å². The summed E-state index contributed by atoms with van der Waals surface area (Å²) < 4.78 is 1.12. The molecule has 0 aliphatic rings. The maximum atomic E-state index is 5.58. The molecule has 4 nitrogen and oxygen atoms in total. The molecule has 0 radical (unpaired) electrons. The minimum Gasteiger partial charge on any atom is -0.383 e. The van der Waals surface area contributed by atoms with Crippen LogP contribution < -0.4 is 11.5 Å². The fourth-order valence-corrected chi connectivity index (χ4v) is 3.21. The van der Waals surface area contributed by atoms with Crippen molar-refractivity contribution in [3.8, 4) is 0 Å². The van der Waals surface area contributed by atoms with Gasteiger partial charge in [-0.25, -0.2) is 9.97 Å². The van der Waals surface area contributed by atoms with Crippen LogP contribution in [-0.4, -0.2) is 9.97 Å². The van der Waals surface area contributed by atoms with E-state index in [2.05, 4.69) is 37.3 Å². The van der Waals surface area contributed by atoms with Gasteiger partial charge in [0.05, 0.1) is 3.79 Å². The predicted octanol–water partition coefficient (Wildman–Crippen LogP) is 2.76. The van der Waals surface area contributed by atoms with E-state index >= 15 is 0 Å². The number of nitrogens with zero attached hydrogens (tertiary/aromatic N) is 2. The molecule has 4 N–H and O–H groups in total. The number of hydrogen-bond donors (Lipinski definition) is 2. The summed E-state index contributed by atoms with van der Waals surface area (Å²) in [7, 11) is 0. The zero-order chi connectivity index (χ0) is 11.5. The van der Waals surface area contributed by atoms with Gasteiger partial charge in [0.1, 0.15) is 11.6 Å². The van der Waals surface area contributed by atoms with Crippen molar-refractivity contribution in [2.24, 2.45) is 0 Å². The van der Waals surface area contributed by atoms with Gasteiger partial charge in [-0.1, -0.05) is 11.8 Å². The first kappa shape index (κ1) is 11.7. The van der Waals surface area contributed by atoms with E-state index in [4.69, 9.17) is 11.5 Å². The van der Waals surface area contributed by atoms with Gasteiger partial charge in [-0.2, -0.15) is 0 Å². The van der Waals surface area contributed by atoms with E-state index in [1.54, 1.807) is 17.4 Å². The van der Waals surface area contributed by atoms with Gasteiger partial charge >= 0.3 is 0 Å². The van der Waals surface area contributed by atoms with E-state index in [1.807, 2.05) is 0 Å². The maximum absolute atomic E-state index is 5.58. The lowest BCUT2D eigenvalue weighted by Gasteiger charge is -2.01. The van der Waals surface area contributed by atoms with Crippen LogP contribution in [0.2, 0.25) is 0 Å². The highest BCUT2D eigenvalue weighted by molar-refractivity contribution is 9.11. The zero-order valence-electron chi connectivity index (χ0n) is 8.18. The second-order valence-electron chi connectivity index (χ2n) is 3.05. The fourth-order valence-electron chi connectivity index (χ4n) is 1.10. The molecular weight excluding hydrogens is 308 g/mol. The number of anilines is 2. The molecule has 0 atom stereocenters. The van der Waals surface area contributed by atoms with Crippen LogP contribution >= 0.6 is 39.0 Å². The Morgan fingerprint density at radius 3 is 2.50 bits per heavy atom. The van der Waals surface area contributed by atoms with Gasteiger partial charge in [0, 0.05) is 11.8 Å². The molecular formula is C9H9BrN4S2. The zero-order valence-corrected chi connectivity index (χ0v) is 11.4. The molecule has 0 bridgehead atoms.